The van der Waals surface area contributed by atoms with Crippen LogP contribution >= 0.6 is 0 Å². The molecule has 2 aromatic rings. The Bertz CT molecular complexity index is 692. The normalized spacial score (nSPS) is 21.0. The van der Waals surface area contributed by atoms with Crippen LogP contribution in [-0.4, -0.2) is 42.6 Å². The molecule has 0 aliphatic carbocycles. The first-order valence-corrected chi connectivity index (χ1v) is 8.89. The predicted molar refractivity (Wildman–Crippen MR) is 101 cm³/mol. The molecule has 0 radical (unpaired) electrons. The largest absolute Gasteiger partial charge is 0.373 e. The van der Waals surface area contributed by atoms with Gasteiger partial charge in [-0.1, -0.05) is 48.5 Å². The van der Waals surface area contributed by atoms with E-state index in [1.807, 2.05) is 36.4 Å². The second-order valence-corrected chi connectivity index (χ2v) is 6.82. The molecular formula is C21H26N2O2. The second-order valence-electron chi connectivity index (χ2n) is 6.82. The number of hydrogen-bond donors (Lipinski definition) is 1. The van der Waals surface area contributed by atoms with Gasteiger partial charge in [0.25, 0.3) is 0 Å². The Morgan fingerprint density at radius 1 is 1.04 bits per heavy atom. The second kappa shape index (κ2) is 8.28. The van der Waals surface area contributed by atoms with Crippen LogP contribution in [0.25, 0.3) is 0 Å². The van der Waals surface area contributed by atoms with Crippen LogP contribution in [0.3, 0.4) is 0 Å². The fourth-order valence-corrected chi connectivity index (χ4v) is 3.42. The Morgan fingerprint density at radius 2 is 1.68 bits per heavy atom. The number of para-hydroxylation sites is 1. The van der Waals surface area contributed by atoms with Crippen molar-refractivity contribution in [3.63, 3.8) is 0 Å². The lowest BCUT2D eigenvalue weighted by atomic mass is 10.0. The maximum atomic E-state index is 12.5. The molecule has 0 unspecified atom stereocenters. The molecular weight excluding hydrogens is 312 g/mol. The topological polar surface area (TPSA) is 41.6 Å². The van der Waals surface area contributed by atoms with Gasteiger partial charge in [-0.05, 0) is 37.5 Å². The summed E-state index contributed by atoms with van der Waals surface area (Å²) in [6, 6.07) is 18.3. The zero-order valence-corrected chi connectivity index (χ0v) is 14.9. The van der Waals surface area contributed by atoms with Crippen molar-refractivity contribution in [1.29, 1.82) is 0 Å². The highest BCUT2D eigenvalue weighted by atomic mass is 16.5. The van der Waals surface area contributed by atoms with Crippen molar-refractivity contribution in [3.8, 4) is 0 Å². The van der Waals surface area contributed by atoms with Crippen molar-refractivity contribution in [2.75, 3.05) is 25.0 Å². The van der Waals surface area contributed by atoms with Crippen LogP contribution < -0.4 is 5.32 Å². The van der Waals surface area contributed by atoms with Crippen molar-refractivity contribution >= 4 is 11.6 Å². The number of benzene rings is 2. The van der Waals surface area contributed by atoms with E-state index in [0.29, 0.717) is 6.54 Å². The third kappa shape index (κ3) is 5.15. The average Bonchev–Trinajstić information content (AvgIpc) is 2.56. The first-order valence-electron chi connectivity index (χ1n) is 8.89. The van der Waals surface area contributed by atoms with Crippen LogP contribution in [0.2, 0.25) is 0 Å². The van der Waals surface area contributed by atoms with Crippen molar-refractivity contribution < 1.29 is 9.53 Å². The number of anilines is 1. The van der Waals surface area contributed by atoms with E-state index in [4.69, 9.17) is 4.74 Å². The van der Waals surface area contributed by atoms with Gasteiger partial charge in [-0.3, -0.25) is 9.69 Å². The highest BCUT2D eigenvalue weighted by Gasteiger charge is 2.23. The number of nitrogens with zero attached hydrogens (tertiary/aromatic N) is 1. The van der Waals surface area contributed by atoms with Gasteiger partial charge < -0.3 is 10.1 Å². The molecule has 1 aliphatic rings. The third-order valence-corrected chi connectivity index (χ3v) is 4.39. The van der Waals surface area contributed by atoms with E-state index in [1.54, 1.807) is 0 Å². The minimum atomic E-state index is 0.0295. The standard InChI is InChI=1S/C21H26N2O2/c1-16-13-23(14-17(2)25-16)15-21(24)22-20-11-7-6-10-19(20)12-18-8-4-3-5-9-18/h3-11,16-17H,12-15H2,1-2H3,(H,22,24)/t16-,17+. The van der Waals surface area contributed by atoms with Crippen LogP contribution in [-0.2, 0) is 16.0 Å². The molecule has 25 heavy (non-hydrogen) atoms. The third-order valence-electron chi connectivity index (χ3n) is 4.39. The molecule has 0 bridgehead atoms. The maximum absolute atomic E-state index is 12.5. The van der Waals surface area contributed by atoms with Crippen LogP contribution in [0.5, 0.6) is 0 Å². The fourth-order valence-electron chi connectivity index (χ4n) is 3.42. The van der Waals surface area contributed by atoms with E-state index in [-0.39, 0.29) is 18.1 Å². The van der Waals surface area contributed by atoms with E-state index in [1.165, 1.54) is 5.56 Å². The number of carbonyl (C=O) groups excluding carboxylic acids is 1. The lowest BCUT2D eigenvalue weighted by Crippen LogP contribution is -2.48. The summed E-state index contributed by atoms with van der Waals surface area (Å²) in [4.78, 5) is 14.7. The molecule has 2 atom stereocenters. The Labute approximate surface area is 149 Å². The summed E-state index contributed by atoms with van der Waals surface area (Å²) in [7, 11) is 0. The number of morpholine rings is 1. The van der Waals surface area contributed by atoms with Crippen LogP contribution in [0.4, 0.5) is 5.69 Å². The smallest absolute Gasteiger partial charge is 0.238 e. The van der Waals surface area contributed by atoms with E-state index in [9.17, 15) is 4.79 Å². The summed E-state index contributed by atoms with van der Waals surface area (Å²) in [5, 5.41) is 3.09. The highest BCUT2D eigenvalue weighted by molar-refractivity contribution is 5.93. The number of rotatable bonds is 5. The number of ether oxygens (including phenoxy) is 1. The zero-order valence-electron chi connectivity index (χ0n) is 14.9. The molecule has 4 heteroatoms. The Kier molecular flexibility index (Phi) is 5.84. The summed E-state index contributed by atoms with van der Waals surface area (Å²) >= 11 is 0. The summed E-state index contributed by atoms with van der Waals surface area (Å²) in [5.74, 6) is 0.0295. The lowest BCUT2D eigenvalue weighted by Gasteiger charge is -2.34. The maximum Gasteiger partial charge on any atom is 0.238 e. The number of hydrogen-bond acceptors (Lipinski definition) is 3. The molecule has 1 N–H and O–H groups in total. The minimum Gasteiger partial charge on any atom is -0.373 e. The zero-order chi connectivity index (χ0) is 17.6. The Morgan fingerprint density at radius 3 is 2.40 bits per heavy atom. The lowest BCUT2D eigenvalue weighted by molar-refractivity contribution is -0.121. The van der Waals surface area contributed by atoms with E-state index < -0.39 is 0 Å². The van der Waals surface area contributed by atoms with Gasteiger partial charge in [0.1, 0.15) is 0 Å². The molecule has 1 saturated heterocycles. The van der Waals surface area contributed by atoms with Gasteiger partial charge in [-0.15, -0.1) is 0 Å². The van der Waals surface area contributed by atoms with Gasteiger partial charge in [-0.2, -0.15) is 0 Å². The summed E-state index contributed by atoms with van der Waals surface area (Å²) in [6.07, 6.45) is 1.15. The highest BCUT2D eigenvalue weighted by Crippen LogP contribution is 2.19. The predicted octanol–water partition coefficient (Wildman–Crippen LogP) is 3.33. The summed E-state index contributed by atoms with van der Waals surface area (Å²) in [6.45, 7) is 6.09. The van der Waals surface area contributed by atoms with Gasteiger partial charge >= 0.3 is 0 Å². The van der Waals surface area contributed by atoms with Gasteiger partial charge in [0.05, 0.1) is 18.8 Å². The van der Waals surface area contributed by atoms with Crippen molar-refractivity contribution in [1.82, 2.24) is 4.90 Å². The van der Waals surface area contributed by atoms with E-state index in [2.05, 4.69) is 42.3 Å². The number of amides is 1. The van der Waals surface area contributed by atoms with Crippen LogP contribution in [0, 0.1) is 0 Å². The van der Waals surface area contributed by atoms with Crippen molar-refractivity contribution in [2.45, 2.75) is 32.5 Å². The molecule has 1 amide bonds. The monoisotopic (exact) mass is 338 g/mol. The molecule has 2 aromatic carbocycles. The molecule has 0 aromatic heterocycles. The Hall–Kier alpha value is -2.17. The average molecular weight is 338 g/mol. The molecule has 0 spiro atoms. The molecule has 0 saturated carbocycles. The number of carbonyl (C=O) groups is 1. The first kappa shape index (κ1) is 17.6. The first-order chi connectivity index (χ1) is 12.1. The fraction of sp³-hybridized carbons (Fsp3) is 0.381. The SMILES string of the molecule is C[C@@H]1CN(CC(=O)Nc2ccccc2Cc2ccccc2)C[C@H](C)O1. The molecule has 132 valence electrons. The van der Waals surface area contributed by atoms with E-state index in [0.717, 1.165) is 30.8 Å². The summed E-state index contributed by atoms with van der Waals surface area (Å²) in [5.41, 5.74) is 3.26. The van der Waals surface area contributed by atoms with Crippen LogP contribution in [0.15, 0.2) is 54.6 Å². The molecule has 1 fully saturated rings. The van der Waals surface area contributed by atoms with Crippen molar-refractivity contribution in [3.05, 3.63) is 65.7 Å². The van der Waals surface area contributed by atoms with Gasteiger partial charge in [-0.25, -0.2) is 0 Å². The van der Waals surface area contributed by atoms with Gasteiger partial charge in [0, 0.05) is 18.8 Å². The van der Waals surface area contributed by atoms with Crippen LogP contribution in [0.1, 0.15) is 25.0 Å². The molecule has 4 nitrogen and oxygen atoms in total. The summed E-state index contributed by atoms with van der Waals surface area (Å²) < 4.78 is 5.73. The van der Waals surface area contributed by atoms with Crippen molar-refractivity contribution in [2.24, 2.45) is 0 Å². The van der Waals surface area contributed by atoms with E-state index >= 15 is 0 Å². The molecule has 1 aliphatic heterocycles. The minimum absolute atomic E-state index is 0.0295. The van der Waals surface area contributed by atoms with Gasteiger partial charge in [0.2, 0.25) is 5.91 Å². The van der Waals surface area contributed by atoms with Gasteiger partial charge in [0.15, 0.2) is 0 Å². The quantitative estimate of drug-likeness (QED) is 0.909. The number of nitrogens with one attached hydrogen (secondary N) is 1. The molecule has 1 heterocycles. The molecule has 3 rings (SSSR count). The Balaban J connectivity index is 1.63.